The van der Waals surface area contributed by atoms with Crippen LogP contribution in [0.25, 0.3) is 0 Å². The molecule has 5 nitrogen and oxygen atoms in total. The van der Waals surface area contributed by atoms with E-state index in [0.717, 1.165) is 25.3 Å². The second kappa shape index (κ2) is 7.73. The van der Waals surface area contributed by atoms with Crippen LogP contribution in [0.4, 0.5) is 0 Å². The maximum absolute atomic E-state index is 13.0. The largest absolute Gasteiger partial charge is 0.339 e. The molecule has 1 saturated carbocycles. The lowest BCUT2D eigenvalue weighted by atomic mass is 9.84. The fourth-order valence-electron chi connectivity index (χ4n) is 4.85. The van der Waals surface area contributed by atoms with Crippen LogP contribution in [0.3, 0.4) is 0 Å². The number of carbonyl (C=O) groups is 1. The van der Waals surface area contributed by atoms with Crippen molar-refractivity contribution in [3.63, 3.8) is 0 Å². The number of sulfonamides is 1. The molecule has 2 aliphatic heterocycles. The number of hydrogen-bond acceptors (Lipinski definition) is 3. The van der Waals surface area contributed by atoms with Crippen LogP contribution in [0.1, 0.15) is 64.2 Å². The fraction of sp³-hybridized carbons (Fsp3) is 0.944. The Morgan fingerprint density at radius 1 is 0.917 bits per heavy atom. The summed E-state index contributed by atoms with van der Waals surface area (Å²) >= 11 is 0. The molecule has 0 aromatic rings. The number of amides is 1. The zero-order valence-electron chi connectivity index (χ0n) is 15.0. The minimum atomic E-state index is -3.12. The zero-order valence-corrected chi connectivity index (χ0v) is 15.8. The van der Waals surface area contributed by atoms with Gasteiger partial charge in [-0.3, -0.25) is 4.79 Å². The predicted octanol–water partition coefficient (Wildman–Crippen LogP) is 2.62. The van der Waals surface area contributed by atoms with E-state index in [2.05, 4.69) is 4.90 Å². The SMILES string of the molecule is CS(=O)(=O)N1CCC(C(=O)N2CCCC2CC2CCCCC2)CC1. The molecule has 0 aromatic heterocycles. The van der Waals surface area contributed by atoms with Crippen molar-refractivity contribution in [2.45, 2.75) is 70.3 Å². The molecule has 0 radical (unpaired) electrons. The van der Waals surface area contributed by atoms with Gasteiger partial charge in [0.1, 0.15) is 0 Å². The van der Waals surface area contributed by atoms with Gasteiger partial charge in [0.2, 0.25) is 15.9 Å². The van der Waals surface area contributed by atoms with Gasteiger partial charge < -0.3 is 4.90 Å². The smallest absolute Gasteiger partial charge is 0.226 e. The average Bonchev–Trinajstić information content (AvgIpc) is 3.02. The quantitative estimate of drug-likeness (QED) is 0.778. The molecule has 3 rings (SSSR count). The molecule has 1 unspecified atom stereocenters. The Balaban J connectivity index is 1.54. The fourth-order valence-corrected chi connectivity index (χ4v) is 5.72. The molecule has 0 N–H and O–H groups in total. The summed E-state index contributed by atoms with van der Waals surface area (Å²) in [6.45, 7) is 1.90. The third-order valence-corrected chi connectivity index (χ3v) is 7.57. The van der Waals surface area contributed by atoms with Gasteiger partial charge in [0.05, 0.1) is 6.26 Å². The van der Waals surface area contributed by atoms with E-state index in [0.29, 0.717) is 37.9 Å². The number of piperidine rings is 1. The summed E-state index contributed by atoms with van der Waals surface area (Å²) in [5.41, 5.74) is 0. The minimum absolute atomic E-state index is 0.0231. The van der Waals surface area contributed by atoms with Gasteiger partial charge in [0.25, 0.3) is 0 Å². The Morgan fingerprint density at radius 3 is 2.21 bits per heavy atom. The van der Waals surface area contributed by atoms with Gasteiger partial charge in [-0.1, -0.05) is 32.1 Å². The third kappa shape index (κ3) is 4.31. The van der Waals surface area contributed by atoms with E-state index in [1.807, 2.05) is 0 Å². The summed E-state index contributed by atoms with van der Waals surface area (Å²) < 4.78 is 24.8. The lowest BCUT2D eigenvalue weighted by Crippen LogP contribution is -2.45. The number of carbonyl (C=O) groups excluding carboxylic acids is 1. The first-order valence-corrected chi connectivity index (χ1v) is 11.6. The minimum Gasteiger partial charge on any atom is -0.339 e. The highest BCUT2D eigenvalue weighted by atomic mass is 32.2. The molecule has 0 aromatic carbocycles. The third-order valence-electron chi connectivity index (χ3n) is 6.26. The van der Waals surface area contributed by atoms with Crippen LogP contribution in [-0.4, -0.2) is 55.5 Å². The molecular formula is C18H32N2O3S. The normalized spacial score (nSPS) is 28.4. The van der Waals surface area contributed by atoms with Gasteiger partial charge in [-0.2, -0.15) is 0 Å². The summed E-state index contributed by atoms with van der Waals surface area (Å²) in [5.74, 6) is 1.13. The van der Waals surface area contributed by atoms with Crippen molar-refractivity contribution in [3.8, 4) is 0 Å². The summed E-state index contributed by atoms with van der Waals surface area (Å²) in [4.78, 5) is 15.1. The Hall–Kier alpha value is -0.620. The first-order valence-electron chi connectivity index (χ1n) is 9.71. The Labute approximate surface area is 146 Å². The lowest BCUT2D eigenvalue weighted by molar-refractivity contribution is -0.137. The van der Waals surface area contributed by atoms with E-state index in [1.54, 1.807) is 0 Å². The molecule has 2 heterocycles. The highest BCUT2D eigenvalue weighted by molar-refractivity contribution is 7.88. The molecule has 24 heavy (non-hydrogen) atoms. The molecule has 1 aliphatic carbocycles. The van der Waals surface area contributed by atoms with Gasteiger partial charge in [-0.25, -0.2) is 12.7 Å². The monoisotopic (exact) mass is 356 g/mol. The van der Waals surface area contributed by atoms with Gasteiger partial charge in [-0.15, -0.1) is 0 Å². The second-order valence-corrected chi connectivity index (χ2v) is 9.99. The van der Waals surface area contributed by atoms with Crippen LogP contribution in [0.2, 0.25) is 0 Å². The topological polar surface area (TPSA) is 57.7 Å². The predicted molar refractivity (Wildman–Crippen MR) is 95.1 cm³/mol. The summed E-state index contributed by atoms with van der Waals surface area (Å²) in [6.07, 6.45) is 12.9. The molecule has 138 valence electrons. The van der Waals surface area contributed by atoms with E-state index in [1.165, 1.54) is 49.1 Å². The van der Waals surface area contributed by atoms with Crippen LogP contribution < -0.4 is 0 Å². The van der Waals surface area contributed by atoms with Crippen molar-refractivity contribution in [1.82, 2.24) is 9.21 Å². The van der Waals surface area contributed by atoms with Gasteiger partial charge in [0.15, 0.2) is 0 Å². The van der Waals surface area contributed by atoms with Gasteiger partial charge in [-0.05, 0) is 38.0 Å². The average molecular weight is 357 g/mol. The van der Waals surface area contributed by atoms with E-state index in [9.17, 15) is 13.2 Å². The Kier molecular flexibility index (Phi) is 5.85. The molecule has 0 bridgehead atoms. The molecule has 2 saturated heterocycles. The van der Waals surface area contributed by atoms with E-state index < -0.39 is 10.0 Å². The van der Waals surface area contributed by atoms with Crippen molar-refractivity contribution in [2.75, 3.05) is 25.9 Å². The lowest BCUT2D eigenvalue weighted by Gasteiger charge is -2.35. The summed E-state index contributed by atoms with van der Waals surface area (Å²) in [5, 5.41) is 0. The molecule has 6 heteroatoms. The van der Waals surface area contributed by atoms with E-state index in [4.69, 9.17) is 0 Å². The summed E-state index contributed by atoms with van der Waals surface area (Å²) in [6, 6.07) is 0.438. The van der Waals surface area contributed by atoms with Crippen molar-refractivity contribution in [1.29, 1.82) is 0 Å². The molecule has 1 amide bonds. The second-order valence-electron chi connectivity index (χ2n) is 8.00. The molecule has 1 atom stereocenters. The highest BCUT2D eigenvalue weighted by Gasteiger charge is 2.36. The van der Waals surface area contributed by atoms with Crippen molar-refractivity contribution in [3.05, 3.63) is 0 Å². The highest BCUT2D eigenvalue weighted by Crippen LogP contribution is 2.33. The van der Waals surface area contributed by atoms with E-state index in [-0.39, 0.29) is 5.92 Å². The first kappa shape index (κ1) is 18.2. The Morgan fingerprint density at radius 2 is 1.58 bits per heavy atom. The van der Waals surface area contributed by atoms with Gasteiger partial charge >= 0.3 is 0 Å². The summed E-state index contributed by atoms with van der Waals surface area (Å²) in [7, 11) is -3.12. The number of hydrogen-bond donors (Lipinski definition) is 0. The molecule has 0 spiro atoms. The zero-order chi connectivity index (χ0) is 17.2. The molecule has 3 fully saturated rings. The van der Waals surface area contributed by atoms with E-state index >= 15 is 0 Å². The Bertz CT molecular complexity index is 534. The standard InChI is InChI=1S/C18H32N2O3S/c1-24(22,23)19-12-9-16(10-13-19)18(21)20-11-5-8-17(20)14-15-6-3-2-4-7-15/h15-17H,2-14H2,1H3. The van der Waals surface area contributed by atoms with Crippen LogP contribution >= 0.6 is 0 Å². The number of rotatable bonds is 4. The number of nitrogens with zero attached hydrogens (tertiary/aromatic N) is 2. The molecular weight excluding hydrogens is 324 g/mol. The number of likely N-dealkylation sites (tertiary alicyclic amines) is 1. The van der Waals surface area contributed by atoms with Crippen LogP contribution in [0.15, 0.2) is 0 Å². The molecule has 3 aliphatic rings. The maximum Gasteiger partial charge on any atom is 0.226 e. The van der Waals surface area contributed by atoms with Crippen LogP contribution in [0.5, 0.6) is 0 Å². The van der Waals surface area contributed by atoms with Crippen molar-refractivity contribution in [2.24, 2.45) is 11.8 Å². The van der Waals surface area contributed by atoms with Crippen LogP contribution in [0, 0.1) is 11.8 Å². The maximum atomic E-state index is 13.0. The van der Waals surface area contributed by atoms with Gasteiger partial charge in [0, 0.05) is 31.6 Å². The van der Waals surface area contributed by atoms with Crippen molar-refractivity contribution >= 4 is 15.9 Å². The van der Waals surface area contributed by atoms with Crippen molar-refractivity contribution < 1.29 is 13.2 Å². The first-order chi connectivity index (χ1) is 11.4. The van der Waals surface area contributed by atoms with Crippen LogP contribution in [-0.2, 0) is 14.8 Å².